The molecular weight excluding hydrogens is 450 g/mol. The van der Waals surface area contributed by atoms with Gasteiger partial charge in [0.25, 0.3) is 0 Å². The molecule has 5 heterocycles. The maximum atomic E-state index is 11.5. The maximum absolute atomic E-state index is 11.5. The summed E-state index contributed by atoms with van der Waals surface area (Å²) in [5, 5.41) is 11.2. The smallest absolute Gasteiger partial charge is 0.246 e. The van der Waals surface area contributed by atoms with Crippen molar-refractivity contribution in [2.24, 2.45) is 11.1 Å². The Balaban J connectivity index is 1.14. The summed E-state index contributed by atoms with van der Waals surface area (Å²) in [5.41, 5.74) is 6.87. The number of hydrogen-bond donors (Lipinski definition) is 2. The molecule has 3 N–H and O–H groups in total. The molecule has 1 unspecified atom stereocenters. The normalized spacial score (nSPS) is 33.3. The molecule has 2 bridgehead atoms. The third-order valence-corrected chi connectivity index (χ3v) is 10.0. The van der Waals surface area contributed by atoms with Gasteiger partial charge in [-0.1, -0.05) is 13.8 Å². The Morgan fingerprint density at radius 1 is 1.29 bits per heavy atom. The highest BCUT2D eigenvalue weighted by atomic mass is 32.1. The number of aliphatic hydroxyl groups excluding tert-OH is 1. The second kappa shape index (κ2) is 8.43. The van der Waals surface area contributed by atoms with Crippen LogP contribution in [0.3, 0.4) is 0 Å². The molecule has 184 valence electrons. The molecule has 2 aliphatic carbocycles. The Morgan fingerprint density at radius 2 is 2.03 bits per heavy atom. The lowest BCUT2D eigenvalue weighted by Crippen LogP contribution is -2.70. The van der Waals surface area contributed by atoms with E-state index in [-0.39, 0.29) is 12.0 Å². The number of piperidine rings is 1. The van der Waals surface area contributed by atoms with Gasteiger partial charge in [0.1, 0.15) is 16.7 Å². The van der Waals surface area contributed by atoms with E-state index in [4.69, 9.17) is 15.2 Å². The van der Waals surface area contributed by atoms with Crippen molar-refractivity contribution in [2.45, 2.75) is 95.2 Å². The topological polar surface area (TPSA) is 97.9 Å². The number of primary amides is 1. The lowest BCUT2D eigenvalue weighted by molar-refractivity contribution is -0.281. The van der Waals surface area contributed by atoms with E-state index in [0.29, 0.717) is 30.1 Å². The molecule has 0 radical (unpaired) electrons. The molecule has 1 saturated carbocycles. The van der Waals surface area contributed by atoms with Gasteiger partial charge in [0.05, 0.1) is 23.7 Å². The number of aryl methyl sites for hydroxylation is 1. The van der Waals surface area contributed by atoms with Crippen molar-refractivity contribution in [2.75, 3.05) is 13.1 Å². The van der Waals surface area contributed by atoms with Crippen LogP contribution in [0.5, 0.6) is 5.75 Å². The molecule has 4 atom stereocenters. The van der Waals surface area contributed by atoms with Crippen LogP contribution in [0.2, 0.25) is 0 Å². The summed E-state index contributed by atoms with van der Waals surface area (Å²) in [4.78, 5) is 21.0. The number of carbonyl (C=O) groups excluding carboxylic acids is 1. The van der Waals surface area contributed by atoms with E-state index in [1.165, 1.54) is 10.4 Å². The van der Waals surface area contributed by atoms with Crippen molar-refractivity contribution in [3.05, 3.63) is 22.7 Å². The van der Waals surface area contributed by atoms with Crippen LogP contribution in [-0.4, -0.2) is 64.4 Å². The van der Waals surface area contributed by atoms with Crippen LogP contribution in [-0.2, 0) is 16.0 Å². The predicted molar refractivity (Wildman–Crippen MR) is 131 cm³/mol. The van der Waals surface area contributed by atoms with E-state index in [0.717, 1.165) is 67.6 Å². The molecule has 3 aliphatic heterocycles. The second-order valence-corrected chi connectivity index (χ2v) is 12.3. The number of fused-ring (bicyclic) bond motifs is 5. The summed E-state index contributed by atoms with van der Waals surface area (Å²) in [7, 11) is 0. The quantitative estimate of drug-likeness (QED) is 0.651. The van der Waals surface area contributed by atoms with Crippen molar-refractivity contribution >= 4 is 27.5 Å². The first-order valence-corrected chi connectivity index (χ1v) is 13.6. The van der Waals surface area contributed by atoms with Gasteiger partial charge in [-0.3, -0.25) is 9.69 Å². The van der Waals surface area contributed by atoms with Gasteiger partial charge in [-0.15, -0.1) is 11.3 Å². The van der Waals surface area contributed by atoms with Gasteiger partial charge in [-0.05, 0) is 62.5 Å². The number of morpholine rings is 1. The number of thiophene rings is 1. The third-order valence-electron chi connectivity index (χ3n) is 8.87. The van der Waals surface area contributed by atoms with Crippen molar-refractivity contribution in [1.82, 2.24) is 9.88 Å². The molecule has 7 nitrogen and oxygen atoms in total. The summed E-state index contributed by atoms with van der Waals surface area (Å²) in [6.07, 6.45) is 8.38. The van der Waals surface area contributed by atoms with E-state index in [2.05, 4.69) is 23.7 Å². The molecule has 34 heavy (non-hydrogen) atoms. The van der Waals surface area contributed by atoms with Gasteiger partial charge in [0.15, 0.2) is 0 Å². The summed E-state index contributed by atoms with van der Waals surface area (Å²) in [5.74, 6) is 0.367. The van der Waals surface area contributed by atoms with E-state index in [1.54, 1.807) is 11.3 Å². The monoisotopic (exact) mass is 485 g/mol. The van der Waals surface area contributed by atoms with Crippen molar-refractivity contribution in [1.29, 1.82) is 0 Å². The van der Waals surface area contributed by atoms with Crippen molar-refractivity contribution in [3.63, 3.8) is 0 Å². The number of nitrogens with zero attached hydrogens (tertiary/aromatic N) is 2. The standard InChI is InChI=1S/C26H35N3O4S/c1-26(2)20-12-29(13-21(26)33-20)15-4-6-16(7-5-15)32-18-9-10-28-25-23(18)22-14(3-8-19(22)34-25)11-17(30)24(27)31/h9-10,14-17,20-21,30H,3-8,11-13H2,1-2H3,(H2,27,31)/t14-,15?,16?,17+,20-,21?/m1/s1. The van der Waals surface area contributed by atoms with Gasteiger partial charge in [-0.25, -0.2) is 4.98 Å². The Hall–Kier alpha value is -1.74. The van der Waals surface area contributed by atoms with Crippen LogP contribution in [0.15, 0.2) is 12.3 Å². The largest absolute Gasteiger partial charge is 0.490 e. The number of aromatic nitrogens is 1. The molecule has 0 aromatic carbocycles. The Bertz CT molecular complexity index is 1080. The zero-order valence-corrected chi connectivity index (χ0v) is 20.9. The fourth-order valence-corrected chi connectivity index (χ4v) is 7.85. The van der Waals surface area contributed by atoms with Crippen molar-refractivity contribution in [3.8, 4) is 5.75 Å². The lowest BCUT2D eigenvalue weighted by Gasteiger charge is -2.60. The first-order valence-electron chi connectivity index (χ1n) is 12.7. The summed E-state index contributed by atoms with van der Waals surface area (Å²) < 4.78 is 12.6. The first kappa shape index (κ1) is 22.7. The molecule has 0 spiro atoms. The third kappa shape index (κ3) is 3.74. The van der Waals surface area contributed by atoms with Crippen LogP contribution < -0.4 is 10.5 Å². The minimum Gasteiger partial charge on any atom is -0.490 e. The number of carbonyl (C=O) groups is 1. The Morgan fingerprint density at radius 3 is 2.71 bits per heavy atom. The first-order chi connectivity index (χ1) is 16.3. The molecule has 4 fully saturated rings. The predicted octanol–water partition coefficient (Wildman–Crippen LogP) is 3.36. The fourth-order valence-electron chi connectivity index (χ4n) is 6.60. The van der Waals surface area contributed by atoms with Crippen LogP contribution in [0.4, 0.5) is 0 Å². The molecule has 8 heteroatoms. The van der Waals surface area contributed by atoms with Crippen LogP contribution >= 0.6 is 11.3 Å². The van der Waals surface area contributed by atoms with Crippen LogP contribution in [0, 0.1) is 5.41 Å². The van der Waals surface area contributed by atoms with Gasteiger partial charge in [0, 0.05) is 35.6 Å². The molecule has 5 aliphatic rings. The second-order valence-electron chi connectivity index (χ2n) is 11.3. The minimum absolute atomic E-state index is 0.116. The van der Waals surface area contributed by atoms with Gasteiger partial charge >= 0.3 is 0 Å². The molecular formula is C26H35N3O4S. The van der Waals surface area contributed by atoms with Gasteiger partial charge in [-0.2, -0.15) is 0 Å². The number of amides is 1. The molecule has 1 amide bonds. The highest BCUT2D eigenvalue weighted by Crippen LogP contribution is 2.49. The van der Waals surface area contributed by atoms with E-state index < -0.39 is 12.0 Å². The highest BCUT2D eigenvalue weighted by molar-refractivity contribution is 7.19. The minimum atomic E-state index is -1.11. The number of ether oxygens (including phenoxy) is 2. The highest BCUT2D eigenvalue weighted by Gasteiger charge is 2.55. The summed E-state index contributed by atoms with van der Waals surface area (Å²) >= 11 is 1.72. The van der Waals surface area contributed by atoms with E-state index >= 15 is 0 Å². The molecule has 7 rings (SSSR count). The average Bonchev–Trinajstić information content (AvgIpc) is 3.39. The Labute approximate surface area is 204 Å². The molecule has 2 aromatic heterocycles. The van der Waals surface area contributed by atoms with Crippen LogP contribution in [0.25, 0.3) is 10.2 Å². The number of hydrogen-bond acceptors (Lipinski definition) is 7. The zero-order valence-electron chi connectivity index (χ0n) is 20.0. The van der Waals surface area contributed by atoms with Crippen LogP contribution in [0.1, 0.15) is 68.7 Å². The summed E-state index contributed by atoms with van der Waals surface area (Å²) in [6, 6.07) is 2.62. The van der Waals surface area contributed by atoms with Gasteiger partial charge < -0.3 is 20.3 Å². The Kier molecular flexibility index (Phi) is 5.63. The van der Waals surface area contributed by atoms with E-state index in [1.807, 2.05) is 12.3 Å². The van der Waals surface area contributed by atoms with Gasteiger partial charge in [0.2, 0.25) is 5.91 Å². The molecule has 2 aromatic rings. The summed E-state index contributed by atoms with van der Waals surface area (Å²) in [6.45, 7) is 6.79. The number of rotatable bonds is 6. The van der Waals surface area contributed by atoms with E-state index in [9.17, 15) is 9.90 Å². The average molecular weight is 486 g/mol. The lowest BCUT2D eigenvalue weighted by atomic mass is 9.71. The number of aliphatic hydroxyl groups is 1. The molecule has 3 saturated heterocycles. The number of nitrogens with two attached hydrogens (primary N) is 1. The van der Waals surface area contributed by atoms with Crippen molar-refractivity contribution < 1.29 is 19.4 Å². The number of pyridine rings is 1. The fraction of sp³-hybridized carbons (Fsp3) is 0.692. The zero-order chi connectivity index (χ0) is 23.6. The SMILES string of the molecule is CC1(C)C2CN(C3CCC(Oc4ccnc5sc6c(c45)[C@@H](C[C@H](O)C(N)=O)CC6)CC3)C[C@H]1O2. The maximum Gasteiger partial charge on any atom is 0.246 e.